The van der Waals surface area contributed by atoms with Crippen molar-refractivity contribution in [2.75, 3.05) is 26.2 Å². The number of piperidine rings is 1. The molecule has 0 aliphatic carbocycles. The van der Waals surface area contributed by atoms with E-state index >= 15 is 0 Å². The molecule has 0 N–H and O–H groups in total. The van der Waals surface area contributed by atoms with E-state index < -0.39 is 0 Å². The highest BCUT2D eigenvalue weighted by atomic mass is 35.5. The van der Waals surface area contributed by atoms with Crippen LogP contribution in [0.25, 0.3) is 0 Å². The fraction of sp³-hybridized carbons (Fsp3) is 0.533. The molecule has 4 heteroatoms. The summed E-state index contributed by atoms with van der Waals surface area (Å²) in [7, 11) is 0. The van der Waals surface area contributed by atoms with Crippen molar-refractivity contribution in [2.45, 2.75) is 26.2 Å². The number of nitrogens with zero attached hydrogens (tertiary/aromatic N) is 1. The maximum atomic E-state index is 11.8. The van der Waals surface area contributed by atoms with E-state index in [0.29, 0.717) is 12.2 Å². The zero-order valence-corrected chi connectivity index (χ0v) is 12.2. The summed E-state index contributed by atoms with van der Waals surface area (Å²) >= 11 is 0. The first-order valence-electron chi connectivity index (χ1n) is 6.72. The van der Waals surface area contributed by atoms with Crippen molar-refractivity contribution in [2.24, 2.45) is 0 Å². The summed E-state index contributed by atoms with van der Waals surface area (Å²) < 4.78 is 5.29. The molecule has 1 aliphatic heterocycles. The minimum atomic E-state index is -0.216. The topological polar surface area (TPSA) is 29.5 Å². The fourth-order valence-corrected chi connectivity index (χ4v) is 2.22. The van der Waals surface area contributed by atoms with Crippen LogP contribution in [0.5, 0.6) is 0 Å². The van der Waals surface area contributed by atoms with Crippen LogP contribution in [-0.4, -0.2) is 37.1 Å². The third kappa shape index (κ3) is 5.21. The van der Waals surface area contributed by atoms with Crippen LogP contribution in [0.4, 0.5) is 0 Å². The maximum Gasteiger partial charge on any atom is 0.338 e. The molecule has 1 aliphatic rings. The average Bonchev–Trinajstić information content (AvgIpc) is 2.40. The molecule has 19 heavy (non-hydrogen) atoms. The van der Waals surface area contributed by atoms with Crippen LogP contribution in [0, 0.1) is 6.92 Å². The van der Waals surface area contributed by atoms with Gasteiger partial charge in [0.1, 0.15) is 6.61 Å². The lowest BCUT2D eigenvalue weighted by Gasteiger charge is -2.25. The Bertz CT molecular complexity index is 386. The van der Waals surface area contributed by atoms with Crippen LogP contribution in [0.1, 0.15) is 35.2 Å². The molecule has 2 rings (SSSR count). The molecule has 1 aromatic rings. The molecule has 106 valence electrons. The van der Waals surface area contributed by atoms with E-state index in [1.165, 1.54) is 19.3 Å². The minimum absolute atomic E-state index is 0. The monoisotopic (exact) mass is 283 g/mol. The number of ether oxygens (including phenoxy) is 1. The first-order valence-corrected chi connectivity index (χ1v) is 6.72. The van der Waals surface area contributed by atoms with Gasteiger partial charge in [0.2, 0.25) is 0 Å². The van der Waals surface area contributed by atoms with Gasteiger partial charge in [0.25, 0.3) is 0 Å². The standard InChI is InChI=1S/C15H21NO2.ClH/c1-13-5-7-14(8-6-13)15(17)18-12-11-16-9-3-2-4-10-16;/h5-8H,2-4,9-12H2,1H3;1H. The van der Waals surface area contributed by atoms with Gasteiger partial charge >= 0.3 is 5.97 Å². The SMILES string of the molecule is Cc1ccc(C(=O)OCCN2CCCCC2)cc1.Cl. The first-order chi connectivity index (χ1) is 8.75. The van der Waals surface area contributed by atoms with E-state index in [9.17, 15) is 4.79 Å². The summed E-state index contributed by atoms with van der Waals surface area (Å²) in [6.07, 6.45) is 3.87. The lowest BCUT2D eigenvalue weighted by Crippen LogP contribution is -2.33. The lowest BCUT2D eigenvalue weighted by atomic mass is 10.1. The van der Waals surface area contributed by atoms with Crippen LogP contribution >= 0.6 is 12.4 Å². The number of benzene rings is 1. The highest BCUT2D eigenvalue weighted by molar-refractivity contribution is 5.89. The van der Waals surface area contributed by atoms with Gasteiger partial charge in [-0.2, -0.15) is 0 Å². The van der Waals surface area contributed by atoms with Crippen molar-refractivity contribution in [3.8, 4) is 0 Å². The molecular formula is C15H22ClNO2. The summed E-state index contributed by atoms with van der Waals surface area (Å²) in [4.78, 5) is 14.1. The van der Waals surface area contributed by atoms with Gasteiger partial charge < -0.3 is 4.74 Å². The molecular weight excluding hydrogens is 262 g/mol. The second-order valence-electron chi connectivity index (χ2n) is 4.90. The third-order valence-corrected chi connectivity index (χ3v) is 3.38. The quantitative estimate of drug-likeness (QED) is 0.796. The molecule has 1 aromatic carbocycles. The highest BCUT2D eigenvalue weighted by Crippen LogP contribution is 2.08. The molecule has 0 aromatic heterocycles. The number of carbonyl (C=O) groups is 1. The zero-order valence-electron chi connectivity index (χ0n) is 11.4. The van der Waals surface area contributed by atoms with E-state index in [2.05, 4.69) is 4.90 Å². The Balaban J connectivity index is 0.00000180. The van der Waals surface area contributed by atoms with E-state index in [0.717, 1.165) is 25.2 Å². The molecule has 0 bridgehead atoms. The molecule has 0 saturated carbocycles. The number of rotatable bonds is 4. The number of hydrogen-bond donors (Lipinski definition) is 0. The van der Waals surface area contributed by atoms with Crippen LogP contribution < -0.4 is 0 Å². The normalized spacial score (nSPS) is 15.6. The van der Waals surface area contributed by atoms with Crippen molar-refractivity contribution < 1.29 is 9.53 Å². The van der Waals surface area contributed by atoms with Gasteiger partial charge in [0, 0.05) is 6.54 Å². The Kier molecular flexibility index (Phi) is 6.89. The number of hydrogen-bond acceptors (Lipinski definition) is 3. The Morgan fingerprint density at radius 1 is 1.16 bits per heavy atom. The van der Waals surface area contributed by atoms with Crippen molar-refractivity contribution in [3.05, 3.63) is 35.4 Å². The van der Waals surface area contributed by atoms with Gasteiger partial charge in [-0.25, -0.2) is 4.79 Å². The fourth-order valence-electron chi connectivity index (χ4n) is 2.22. The molecule has 1 fully saturated rings. The van der Waals surface area contributed by atoms with Crippen molar-refractivity contribution in [1.82, 2.24) is 4.90 Å². The molecule has 3 nitrogen and oxygen atoms in total. The van der Waals surface area contributed by atoms with Gasteiger partial charge in [-0.1, -0.05) is 24.1 Å². The molecule has 0 unspecified atom stereocenters. The molecule has 0 amide bonds. The molecule has 1 heterocycles. The van der Waals surface area contributed by atoms with Gasteiger partial charge in [0.05, 0.1) is 5.56 Å². The smallest absolute Gasteiger partial charge is 0.338 e. The lowest BCUT2D eigenvalue weighted by molar-refractivity contribution is 0.0452. The Morgan fingerprint density at radius 2 is 1.79 bits per heavy atom. The Hall–Kier alpha value is -1.06. The Morgan fingerprint density at radius 3 is 2.42 bits per heavy atom. The first kappa shape index (κ1) is 16.0. The maximum absolute atomic E-state index is 11.8. The molecule has 0 spiro atoms. The van der Waals surface area contributed by atoms with E-state index in [1.54, 1.807) is 0 Å². The van der Waals surface area contributed by atoms with E-state index in [-0.39, 0.29) is 18.4 Å². The summed E-state index contributed by atoms with van der Waals surface area (Å²) in [5.74, 6) is -0.216. The second kappa shape index (κ2) is 8.18. The highest BCUT2D eigenvalue weighted by Gasteiger charge is 2.11. The number of aryl methyl sites for hydroxylation is 1. The van der Waals surface area contributed by atoms with Gasteiger partial charge in [0.15, 0.2) is 0 Å². The summed E-state index contributed by atoms with van der Waals surface area (Å²) in [6, 6.07) is 7.50. The van der Waals surface area contributed by atoms with Crippen LogP contribution in [0.2, 0.25) is 0 Å². The van der Waals surface area contributed by atoms with Crippen molar-refractivity contribution in [3.63, 3.8) is 0 Å². The number of likely N-dealkylation sites (tertiary alicyclic amines) is 1. The summed E-state index contributed by atoms with van der Waals surface area (Å²) in [5.41, 5.74) is 1.79. The van der Waals surface area contributed by atoms with E-state index in [1.807, 2.05) is 31.2 Å². The predicted molar refractivity (Wildman–Crippen MR) is 79.0 cm³/mol. The van der Waals surface area contributed by atoms with Gasteiger partial charge in [-0.3, -0.25) is 4.90 Å². The molecule has 0 atom stereocenters. The number of carbonyl (C=O) groups excluding carboxylic acids is 1. The van der Waals surface area contributed by atoms with Crippen LogP contribution in [0.15, 0.2) is 24.3 Å². The van der Waals surface area contributed by atoms with Crippen LogP contribution in [-0.2, 0) is 4.74 Å². The van der Waals surface area contributed by atoms with E-state index in [4.69, 9.17) is 4.74 Å². The zero-order chi connectivity index (χ0) is 12.8. The Labute approximate surface area is 121 Å². The van der Waals surface area contributed by atoms with Crippen molar-refractivity contribution in [1.29, 1.82) is 0 Å². The second-order valence-corrected chi connectivity index (χ2v) is 4.90. The summed E-state index contributed by atoms with van der Waals surface area (Å²) in [6.45, 7) is 5.64. The molecule has 1 saturated heterocycles. The predicted octanol–water partition coefficient (Wildman–Crippen LogP) is 3.06. The molecule has 0 radical (unpaired) electrons. The number of halogens is 1. The van der Waals surface area contributed by atoms with Gasteiger partial charge in [-0.05, 0) is 45.0 Å². The summed E-state index contributed by atoms with van der Waals surface area (Å²) in [5, 5.41) is 0. The van der Waals surface area contributed by atoms with Crippen molar-refractivity contribution >= 4 is 18.4 Å². The van der Waals surface area contributed by atoms with Gasteiger partial charge in [-0.15, -0.1) is 12.4 Å². The average molecular weight is 284 g/mol. The minimum Gasteiger partial charge on any atom is -0.461 e. The largest absolute Gasteiger partial charge is 0.461 e. The van der Waals surface area contributed by atoms with Crippen LogP contribution in [0.3, 0.4) is 0 Å². The number of esters is 1. The third-order valence-electron chi connectivity index (χ3n) is 3.38.